The van der Waals surface area contributed by atoms with Crippen LogP contribution in [0.5, 0.6) is 0 Å². The van der Waals surface area contributed by atoms with Crippen LogP contribution in [0.25, 0.3) is 5.57 Å². The fraction of sp³-hybridized carbons (Fsp3) is 0.200. The first-order chi connectivity index (χ1) is 9.34. The Balaban J connectivity index is 1.86. The van der Waals surface area contributed by atoms with Gasteiger partial charge in [0.25, 0.3) is 0 Å². The van der Waals surface area contributed by atoms with Crippen molar-refractivity contribution in [1.82, 2.24) is 9.97 Å². The lowest BCUT2D eigenvalue weighted by atomic mass is 10.0. The average Bonchev–Trinajstić information content (AvgIpc) is 2.49. The van der Waals surface area contributed by atoms with Crippen molar-refractivity contribution in [3.8, 4) is 0 Å². The van der Waals surface area contributed by atoms with Crippen molar-refractivity contribution in [2.75, 3.05) is 18.0 Å². The molecule has 0 saturated heterocycles. The van der Waals surface area contributed by atoms with Crippen LogP contribution in [-0.2, 0) is 0 Å². The molecule has 96 valence electrons. The van der Waals surface area contributed by atoms with Crippen LogP contribution in [-0.4, -0.2) is 23.1 Å². The molecular formula is C15H14IN3. The molecule has 0 aliphatic carbocycles. The van der Waals surface area contributed by atoms with Crippen LogP contribution in [0.4, 0.5) is 5.82 Å². The standard InChI is InChI=1S/C15H14IN3/c16-14-4-1-7-18-15(14)19-10-2-3-13(11-19)12-5-8-17-9-6-12/h1,3-9H,2,10-11H2. The third kappa shape index (κ3) is 2.78. The Kier molecular flexibility index (Phi) is 3.77. The summed E-state index contributed by atoms with van der Waals surface area (Å²) in [4.78, 5) is 10.9. The third-order valence-corrected chi connectivity index (χ3v) is 4.08. The Morgan fingerprint density at radius 1 is 1.11 bits per heavy atom. The van der Waals surface area contributed by atoms with Gasteiger partial charge in [0.15, 0.2) is 0 Å². The van der Waals surface area contributed by atoms with Gasteiger partial charge in [0, 0.05) is 31.7 Å². The highest BCUT2D eigenvalue weighted by Gasteiger charge is 2.17. The fourth-order valence-corrected chi connectivity index (χ4v) is 3.00. The van der Waals surface area contributed by atoms with E-state index in [9.17, 15) is 0 Å². The van der Waals surface area contributed by atoms with Crippen molar-refractivity contribution in [3.63, 3.8) is 0 Å². The zero-order valence-electron chi connectivity index (χ0n) is 10.5. The number of anilines is 1. The molecule has 0 amide bonds. The van der Waals surface area contributed by atoms with E-state index in [4.69, 9.17) is 0 Å². The molecule has 4 heteroatoms. The maximum absolute atomic E-state index is 4.51. The van der Waals surface area contributed by atoms with Crippen LogP contribution >= 0.6 is 22.6 Å². The second-order valence-electron chi connectivity index (χ2n) is 4.48. The van der Waals surface area contributed by atoms with E-state index in [1.54, 1.807) is 0 Å². The molecule has 0 saturated carbocycles. The summed E-state index contributed by atoms with van der Waals surface area (Å²) in [5.74, 6) is 1.09. The van der Waals surface area contributed by atoms with Crippen molar-refractivity contribution < 1.29 is 0 Å². The highest BCUT2D eigenvalue weighted by molar-refractivity contribution is 14.1. The number of aromatic nitrogens is 2. The van der Waals surface area contributed by atoms with Gasteiger partial charge in [-0.2, -0.15) is 0 Å². The molecule has 1 aliphatic heterocycles. The smallest absolute Gasteiger partial charge is 0.142 e. The molecule has 0 unspecified atom stereocenters. The van der Waals surface area contributed by atoms with Gasteiger partial charge in [-0.05, 0) is 64.4 Å². The van der Waals surface area contributed by atoms with Crippen LogP contribution < -0.4 is 4.90 Å². The summed E-state index contributed by atoms with van der Waals surface area (Å²) in [5.41, 5.74) is 2.61. The summed E-state index contributed by atoms with van der Waals surface area (Å²) < 4.78 is 1.20. The largest absolute Gasteiger partial charge is 0.351 e. The van der Waals surface area contributed by atoms with Gasteiger partial charge < -0.3 is 4.90 Å². The van der Waals surface area contributed by atoms with Crippen LogP contribution in [0.15, 0.2) is 48.9 Å². The van der Waals surface area contributed by atoms with Crippen LogP contribution in [0.1, 0.15) is 12.0 Å². The zero-order chi connectivity index (χ0) is 13.1. The summed E-state index contributed by atoms with van der Waals surface area (Å²) in [6.45, 7) is 1.94. The maximum Gasteiger partial charge on any atom is 0.142 e. The first kappa shape index (κ1) is 12.6. The van der Waals surface area contributed by atoms with Crippen molar-refractivity contribution in [1.29, 1.82) is 0 Å². The Morgan fingerprint density at radius 3 is 2.74 bits per heavy atom. The molecule has 2 aromatic rings. The minimum atomic E-state index is 0.914. The van der Waals surface area contributed by atoms with Gasteiger partial charge >= 0.3 is 0 Å². The van der Waals surface area contributed by atoms with E-state index < -0.39 is 0 Å². The van der Waals surface area contributed by atoms with Gasteiger partial charge in [-0.1, -0.05) is 6.08 Å². The molecule has 0 N–H and O–H groups in total. The zero-order valence-corrected chi connectivity index (χ0v) is 12.6. The topological polar surface area (TPSA) is 29.0 Å². The Morgan fingerprint density at radius 2 is 1.95 bits per heavy atom. The monoisotopic (exact) mass is 363 g/mol. The molecule has 3 rings (SSSR count). The fourth-order valence-electron chi connectivity index (χ4n) is 2.31. The number of hydrogen-bond acceptors (Lipinski definition) is 3. The Hall–Kier alpha value is -1.43. The molecule has 0 aromatic carbocycles. The van der Waals surface area contributed by atoms with Crippen LogP contribution in [0, 0.1) is 3.57 Å². The highest BCUT2D eigenvalue weighted by atomic mass is 127. The second kappa shape index (κ2) is 5.69. The van der Waals surface area contributed by atoms with E-state index in [0.717, 1.165) is 25.3 Å². The normalized spacial score (nSPS) is 15.2. The van der Waals surface area contributed by atoms with Crippen LogP contribution in [0.3, 0.4) is 0 Å². The lowest BCUT2D eigenvalue weighted by Crippen LogP contribution is -2.30. The van der Waals surface area contributed by atoms with Crippen molar-refractivity contribution in [2.45, 2.75) is 6.42 Å². The first-order valence-electron chi connectivity index (χ1n) is 6.29. The summed E-state index contributed by atoms with van der Waals surface area (Å²) in [6, 6.07) is 8.22. The van der Waals surface area contributed by atoms with Gasteiger partial charge in [0.1, 0.15) is 5.82 Å². The lowest BCUT2D eigenvalue weighted by Gasteiger charge is -2.29. The number of halogens is 1. The number of rotatable bonds is 2. The van der Waals surface area contributed by atoms with Crippen molar-refractivity contribution >= 4 is 34.0 Å². The number of nitrogens with zero attached hydrogens (tertiary/aromatic N) is 3. The Bertz CT molecular complexity index is 595. The Labute approximate surface area is 126 Å². The molecule has 0 fully saturated rings. The first-order valence-corrected chi connectivity index (χ1v) is 7.37. The third-order valence-electron chi connectivity index (χ3n) is 3.24. The molecule has 0 atom stereocenters. The molecular weight excluding hydrogens is 349 g/mol. The van der Waals surface area contributed by atoms with Gasteiger partial charge in [0.2, 0.25) is 0 Å². The van der Waals surface area contributed by atoms with E-state index in [1.165, 1.54) is 14.7 Å². The number of pyridine rings is 2. The molecule has 0 radical (unpaired) electrons. The quantitative estimate of drug-likeness (QED) is 0.767. The van der Waals surface area contributed by atoms with Gasteiger partial charge in [-0.15, -0.1) is 0 Å². The minimum Gasteiger partial charge on any atom is -0.351 e. The van der Waals surface area contributed by atoms with E-state index in [1.807, 2.05) is 24.7 Å². The average molecular weight is 363 g/mol. The van der Waals surface area contributed by atoms with E-state index in [0.29, 0.717) is 0 Å². The second-order valence-corrected chi connectivity index (χ2v) is 5.65. The minimum absolute atomic E-state index is 0.914. The summed E-state index contributed by atoms with van der Waals surface area (Å²) in [5, 5.41) is 0. The molecule has 2 aromatic heterocycles. The summed E-state index contributed by atoms with van der Waals surface area (Å²) in [6.07, 6.45) is 8.94. The van der Waals surface area contributed by atoms with Gasteiger partial charge in [-0.3, -0.25) is 4.98 Å². The van der Waals surface area contributed by atoms with Crippen LogP contribution in [0.2, 0.25) is 0 Å². The van der Waals surface area contributed by atoms with Crippen molar-refractivity contribution in [3.05, 3.63) is 58.1 Å². The molecule has 19 heavy (non-hydrogen) atoms. The highest BCUT2D eigenvalue weighted by Crippen LogP contribution is 2.26. The molecule has 1 aliphatic rings. The molecule has 3 heterocycles. The molecule has 3 nitrogen and oxygen atoms in total. The van der Waals surface area contributed by atoms with E-state index in [2.05, 4.69) is 61.7 Å². The van der Waals surface area contributed by atoms with E-state index >= 15 is 0 Å². The maximum atomic E-state index is 4.51. The summed E-state index contributed by atoms with van der Waals surface area (Å²) >= 11 is 2.35. The van der Waals surface area contributed by atoms with Gasteiger partial charge in [-0.25, -0.2) is 4.98 Å². The van der Waals surface area contributed by atoms with Crippen molar-refractivity contribution in [2.24, 2.45) is 0 Å². The lowest BCUT2D eigenvalue weighted by molar-refractivity contribution is 0.813. The molecule has 0 spiro atoms. The number of hydrogen-bond donors (Lipinski definition) is 0. The van der Waals surface area contributed by atoms with Gasteiger partial charge in [0.05, 0.1) is 3.57 Å². The van der Waals surface area contributed by atoms with E-state index in [-0.39, 0.29) is 0 Å². The molecule has 0 bridgehead atoms. The predicted molar refractivity (Wildman–Crippen MR) is 86.0 cm³/mol. The SMILES string of the molecule is Ic1cccnc1N1CCC=C(c2ccncc2)C1. The summed E-state index contributed by atoms with van der Waals surface area (Å²) in [7, 11) is 0. The predicted octanol–water partition coefficient (Wildman–Crippen LogP) is 3.37.